The molecule has 4 fully saturated rings. The molecule has 0 spiro atoms. The summed E-state index contributed by atoms with van der Waals surface area (Å²) in [4.78, 5) is 175. The number of rotatable bonds is 22. The second-order valence-electron chi connectivity index (χ2n) is 27.1. The van der Waals surface area contributed by atoms with E-state index in [-0.39, 0.29) is 115 Å². The molecule has 8 atom stereocenters. The maximum atomic E-state index is 14.8. The topological polar surface area (TPSA) is 418 Å². The van der Waals surface area contributed by atoms with Gasteiger partial charge in [-0.25, -0.2) is 4.79 Å². The van der Waals surface area contributed by atoms with Gasteiger partial charge in [-0.05, 0) is 74.2 Å². The first kappa shape index (κ1) is 81.8. The van der Waals surface area contributed by atoms with Crippen molar-refractivity contribution in [3.8, 4) is 0 Å². The number of nitrogens with two attached hydrogens (primary N) is 1. The van der Waals surface area contributed by atoms with Crippen LogP contribution >= 0.6 is 23.5 Å². The van der Waals surface area contributed by atoms with Crippen molar-refractivity contribution in [2.45, 2.75) is 151 Å². The molecule has 102 heavy (non-hydrogen) atoms. The van der Waals surface area contributed by atoms with E-state index in [0.29, 0.717) is 114 Å². The Morgan fingerprint density at radius 1 is 0.588 bits per heavy atom. The number of piperazine rings is 1. The number of primary amides is 1. The summed E-state index contributed by atoms with van der Waals surface area (Å²) in [5.74, 6) is -8.30. The van der Waals surface area contributed by atoms with Gasteiger partial charge in [0.05, 0.1) is 44.4 Å². The van der Waals surface area contributed by atoms with Crippen LogP contribution in [-0.2, 0) is 82.0 Å². The van der Waals surface area contributed by atoms with Gasteiger partial charge in [-0.1, -0.05) is 68.3 Å². The van der Waals surface area contributed by atoms with Gasteiger partial charge in [0.15, 0.2) is 0 Å². The molecular formula is C69H104N14O17S2. The number of hydrogen-bond acceptors (Lipinski definition) is 21. The third-order valence-electron chi connectivity index (χ3n) is 19.0. The Balaban J connectivity index is 1.14. The lowest BCUT2D eigenvalue weighted by molar-refractivity contribution is -0.143. The van der Waals surface area contributed by atoms with Crippen LogP contribution in [-0.4, -0.2) is 320 Å². The number of aliphatic hydroxyl groups excluding tert-OH is 1. The number of aliphatic hydroxyl groups is 1. The molecule has 564 valence electrons. The maximum Gasteiger partial charge on any atom is 0.327 e. The zero-order valence-electron chi connectivity index (χ0n) is 58.6. The first-order valence-corrected chi connectivity index (χ1v) is 37.7. The number of benzene rings is 2. The molecule has 8 amide bonds. The van der Waals surface area contributed by atoms with E-state index in [9.17, 15) is 83.1 Å². The molecule has 2 aromatic rings. The van der Waals surface area contributed by atoms with Crippen LogP contribution in [0.2, 0.25) is 0 Å². The third-order valence-corrected chi connectivity index (χ3v) is 21.3. The molecule has 7 rings (SSSR count). The highest BCUT2D eigenvalue weighted by Crippen LogP contribution is 2.28. The minimum atomic E-state index is -1.66. The van der Waals surface area contributed by atoms with Gasteiger partial charge in [0.2, 0.25) is 47.3 Å². The average molecular weight is 1470 g/mol. The number of nitrogens with zero attached hydrogens (tertiary/aromatic N) is 8. The number of unbranched alkanes of at least 4 members (excludes halogenated alkanes) is 2. The molecule has 0 aliphatic carbocycles. The molecule has 31 nitrogen and oxygen atoms in total. The van der Waals surface area contributed by atoms with E-state index in [1.807, 2.05) is 17.0 Å². The number of amides is 8. The fourth-order valence-electron chi connectivity index (χ4n) is 13.5. The Morgan fingerprint density at radius 3 is 1.69 bits per heavy atom. The molecule has 5 aliphatic rings. The fourth-order valence-corrected chi connectivity index (χ4v) is 15.5. The standard InChI is InChI=1S/C69H104N14O17S2/c1-3-4-6-15-58(86)71-51-37-82-18-9-14-56(82)68(98)83-19-10-13-55(83)66(96)75-63(46(2)84)67(97)72-52(16-17-57(70)85)64(94)73-53(35-47-11-7-5-8-12-47)65(95)74-54(69(99)100)45-102-43-50-33-48(32-49(34-50)42-101-44-51)36-76-28-30-81(31-29-76)59(87)38-77-20-22-78(39-60(88)89)24-26-80(41-62(92)93)27-25-79(23-21-77)40-61(90)91/h5,7-8,11-12,32-34,46,51-56,63,84H,3-4,6,9-10,13-31,35-45H2,1-2H3,(H2,70,85)(H,71,86)(H,72,97)(H,73,94)(H,74,95)(H,75,96)(H,88,89)(H,90,91)(H,92,93)(H,99,100)/t46-,51-,52+,53+,54+,55+,56+,63+/m1/s1. The number of aliphatic carboxylic acids is 4. The molecule has 0 unspecified atom stereocenters. The largest absolute Gasteiger partial charge is 0.480 e. The molecule has 4 saturated heterocycles. The van der Waals surface area contributed by atoms with Crippen LogP contribution in [0.25, 0.3) is 0 Å². The Bertz CT molecular complexity index is 3160. The first-order valence-electron chi connectivity index (χ1n) is 35.4. The van der Waals surface area contributed by atoms with Crippen molar-refractivity contribution in [3.63, 3.8) is 0 Å². The van der Waals surface area contributed by atoms with Gasteiger partial charge in [0.25, 0.3) is 0 Å². The lowest BCUT2D eigenvalue weighted by atomic mass is 10.0. The Kier molecular flexibility index (Phi) is 33.4. The average Bonchev–Trinajstić information content (AvgIpc) is 1.63. The van der Waals surface area contributed by atoms with E-state index in [1.54, 1.807) is 61.7 Å². The smallest absolute Gasteiger partial charge is 0.327 e. The zero-order valence-corrected chi connectivity index (χ0v) is 60.2. The monoisotopic (exact) mass is 1460 g/mol. The van der Waals surface area contributed by atoms with E-state index in [0.717, 1.165) is 29.5 Å². The first-order chi connectivity index (χ1) is 48.8. The SMILES string of the molecule is CCCCCC(=O)N[C@H]1CSCc2cc(cc(CN3CCN(C(=O)CN4CCN(CC(=O)O)CCN(CC(=O)O)CCN(CC(=O)O)CC4)CC3)c2)CSC[C@@H](C(=O)O)NC(=O)[C@H](Cc2ccccc2)NC(=O)[C@H](CCC(N)=O)NC(=O)[C@H]([C@@H](C)O)NC(=O)[C@@H]2CCCN2C(=O)[C@@H]2CCCN2C1. The van der Waals surface area contributed by atoms with Gasteiger partial charge in [0.1, 0.15) is 30.2 Å². The predicted molar refractivity (Wildman–Crippen MR) is 380 cm³/mol. The number of thioether (sulfide) groups is 2. The minimum absolute atomic E-state index is 0.00226. The molecular weight excluding hydrogens is 1360 g/mol. The van der Waals surface area contributed by atoms with Crippen molar-refractivity contribution in [1.29, 1.82) is 0 Å². The summed E-state index contributed by atoms with van der Waals surface area (Å²) in [6, 6.07) is 6.59. The second kappa shape index (κ2) is 41.7. The van der Waals surface area contributed by atoms with Crippen LogP contribution in [0.4, 0.5) is 0 Å². The van der Waals surface area contributed by atoms with Crippen molar-refractivity contribution in [3.05, 3.63) is 70.8 Å². The van der Waals surface area contributed by atoms with Gasteiger partial charge < -0.3 is 67.7 Å². The molecule has 0 radical (unpaired) electrons. The van der Waals surface area contributed by atoms with Crippen LogP contribution in [0.1, 0.15) is 100 Å². The van der Waals surface area contributed by atoms with E-state index < -0.39 is 108 Å². The van der Waals surface area contributed by atoms with E-state index in [1.165, 1.54) is 23.6 Å². The Labute approximate surface area is 604 Å². The van der Waals surface area contributed by atoms with Gasteiger partial charge in [-0.3, -0.25) is 82.1 Å². The number of nitrogens with one attached hydrogen (secondary N) is 5. The van der Waals surface area contributed by atoms with Crippen LogP contribution in [0.5, 0.6) is 0 Å². The fraction of sp³-hybridized carbons (Fsp3) is 0.652. The molecule has 0 aromatic heterocycles. The number of fused-ring (bicyclic) bond motifs is 4. The summed E-state index contributed by atoms with van der Waals surface area (Å²) < 4.78 is 0. The quantitative estimate of drug-likeness (QED) is 0.0612. The van der Waals surface area contributed by atoms with E-state index in [4.69, 9.17) is 5.73 Å². The van der Waals surface area contributed by atoms with Crippen molar-refractivity contribution in [1.82, 2.24) is 65.8 Å². The number of carbonyl (C=O) groups excluding carboxylic acids is 8. The predicted octanol–water partition coefficient (Wildman–Crippen LogP) is -1.28. The van der Waals surface area contributed by atoms with E-state index >= 15 is 0 Å². The summed E-state index contributed by atoms with van der Waals surface area (Å²) in [5.41, 5.74) is 8.84. The molecule has 2 bridgehead atoms. The van der Waals surface area contributed by atoms with Gasteiger partial charge in [0, 0.05) is 140 Å². The van der Waals surface area contributed by atoms with Crippen molar-refractivity contribution < 1.29 is 83.1 Å². The molecule has 33 heteroatoms. The van der Waals surface area contributed by atoms with Gasteiger partial charge >= 0.3 is 23.9 Å². The van der Waals surface area contributed by atoms with Crippen molar-refractivity contribution in [2.75, 3.05) is 136 Å². The van der Waals surface area contributed by atoms with Crippen molar-refractivity contribution in [2.24, 2.45) is 5.73 Å². The van der Waals surface area contributed by atoms with Gasteiger partial charge in [-0.2, -0.15) is 23.5 Å². The molecule has 2 aromatic carbocycles. The van der Waals surface area contributed by atoms with Crippen LogP contribution < -0.4 is 32.3 Å². The van der Waals surface area contributed by atoms with E-state index in [2.05, 4.69) is 49.4 Å². The number of carbonyl (C=O) groups is 12. The molecule has 12 N–H and O–H groups in total. The molecule has 5 heterocycles. The number of carboxylic acids is 4. The number of hydrogen-bond donors (Lipinski definition) is 11. The minimum Gasteiger partial charge on any atom is -0.480 e. The molecule has 0 saturated carbocycles. The second-order valence-corrected chi connectivity index (χ2v) is 29.2. The van der Waals surface area contributed by atoms with Crippen molar-refractivity contribution >= 4 is 94.7 Å². The van der Waals surface area contributed by atoms with Crippen LogP contribution in [0.15, 0.2) is 48.5 Å². The highest BCUT2D eigenvalue weighted by Gasteiger charge is 2.43. The highest BCUT2D eigenvalue weighted by molar-refractivity contribution is 7.98. The molecule has 5 aliphatic heterocycles. The maximum absolute atomic E-state index is 14.8. The third kappa shape index (κ3) is 27.3. The van der Waals surface area contributed by atoms with Crippen LogP contribution in [0.3, 0.4) is 0 Å². The summed E-state index contributed by atoms with van der Waals surface area (Å²) in [7, 11) is 0. The summed E-state index contributed by atoms with van der Waals surface area (Å²) in [6.45, 7) is 7.91. The Hall–Kier alpha value is -7.50. The summed E-state index contributed by atoms with van der Waals surface area (Å²) >= 11 is 2.86. The Morgan fingerprint density at radius 2 is 1.13 bits per heavy atom. The zero-order chi connectivity index (χ0) is 73.8. The summed E-state index contributed by atoms with van der Waals surface area (Å²) in [5, 5.41) is 64.4. The highest BCUT2D eigenvalue weighted by atomic mass is 32.2. The van der Waals surface area contributed by atoms with Crippen LogP contribution in [0, 0.1) is 0 Å². The summed E-state index contributed by atoms with van der Waals surface area (Å²) in [6.07, 6.45) is 2.27. The van der Waals surface area contributed by atoms with Gasteiger partial charge in [-0.15, -0.1) is 0 Å². The number of carboxylic acid groups (broad SMARTS) is 4. The lowest BCUT2D eigenvalue weighted by Crippen LogP contribution is -2.61. The lowest BCUT2D eigenvalue weighted by Gasteiger charge is -2.37. The normalized spacial score (nSPS) is 24.6.